The number of hydrogen-bond acceptors (Lipinski definition) is 4. The summed E-state index contributed by atoms with van der Waals surface area (Å²) in [5.74, 6) is 0.716. The maximum Gasteiger partial charge on any atom is 0.138 e. The molecule has 2 aromatic rings. The molecule has 1 atom stereocenters. The fraction of sp³-hybridized carbons (Fsp3) is 0.400. The van der Waals surface area contributed by atoms with Gasteiger partial charge in [-0.25, -0.2) is 4.98 Å². The minimum atomic E-state index is 0.147. The second-order valence-electron chi connectivity index (χ2n) is 4.62. The van der Waals surface area contributed by atoms with Gasteiger partial charge in [0.15, 0.2) is 0 Å². The Balaban J connectivity index is 2.13. The highest BCUT2D eigenvalue weighted by Crippen LogP contribution is 2.30. The van der Waals surface area contributed by atoms with Crippen LogP contribution in [0.1, 0.15) is 35.5 Å². The molecule has 1 unspecified atom stereocenters. The highest BCUT2D eigenvalue weighted by atomic mass is 35.5. The van der Waals surface area contributed by atoms with Crippen molar-refractivity contribution in [1.82, 2.24) is 4.98 Å². The quantitative estimate of drug-likeness (QED) is 0.845. The lowest BCUT2D eigenvalue weighted by molar-refractivity contribution is 0.340. The van der Waals surface area contributed by atoms with E-state index in [4.69, 9.17) is 16.3 Å². The molecule has 1 aromatic heterocycles. The van der Waals surface area contributed by atoms with Gasteiger partial charge in [0.2, 0.25) is 0 Å². The van der Waals surface area contributed by atoms with E-state index in [0.29, 0.717) is 17.4 Å². The number of nitrogens with one attached hydrogen (secondary N) is 1. The molecule has 5 heteroatoms. The smallest absolute Gasteiger partial charge is 0.138 e. The van der Waals surface area contributed by atoms with Crippen molar-refractivity contribution in [3.63, 3.8) is 0 Å². The van der Waals surface area contributed by atoms with Crippen LogP contribution < -0.4 is 10.1 Å². The Morgan fingerprint density at radius 2 is 2.15 bits per heavy atom. The number of nitrogens with zero attached hydrogens (tertiary/aromatic N) is 1. The van der Waals surface area contributed by atoms with Crippen LogP contribution >= 0.6 is 22.9 Å². The lowest BCUT2D eigenvalue weighted by Gasteiger charge is -2.15. The van der Waals surface area contributed by atoms with Crippen LogP contribution in [-0.4, -0.2) is 11.6 Å². The SMILES string of the molecule is CCOc1ccc(NC(C)c2nc(C)sc2C)cc1Cl. The van der Waals surface area contributed by atoms with E-state index in [2.05, 4.69) is 24.1 Å². The van der Waals surface area contributed by atoms with Gasteiger partial charge in [0.25, 0.3) is 0 Å². The number of hydrogen-bond donors (Lipinski definition) is 1. The summed E-state index contributed by atoms with van der Waals surface area (Å²) in [6.45, 7) is 8.79. The van der Waals surface area contributed by atoms with E-state index in [1.807, 2.05) is 32.0 Å². The molecule has 0 spiro atoms. The van der Waals surface area contributed by atoms with Gasteiger partial charge in [-0.15, -0.1) is 11.3 Å². The minimum Gasteiger partial charge on any atom is -0.492 e. The molecule has 108 valence electrons. The van der Waals surface area contributed by atoms with Crippen LogP contribution in [0.4, 0.5) is 5.69 Å². The van der Waals surface area contributed by atoms with Crippen molar-refractivity contribution >= 4 is 28.6 Å². The van der Waals surface area contributed by atoms with E-state index in [0.717, 1.165) is 16.4 Å². The molecule has 0 saturated heterocycles. The number of aromatic nitrogens is 1. The summed E-state index contributed by atoms with van der Waals surface area (Å²) >= 11 is 7.92. The fourth-order valence-electron chi connectivity index (χ4n) is 2.13. The van der Waals surface area contributed by atoms with Crippen molar-refractivity contribution in [1.29, 1.82) is 0 Å². The van der Waals surface area contributed by atoms with Crippen LogP contribution in [0.5, 0.6) is 5.75 Å². The van der Waals surface area contributed by atoms with E-state index in [9.17, 15) is 0 Å². The molecule has 2 rings (SSSR count). The van der Waals surface area contributed by atoms with Crippen LogP contribution in [0.3, 0.4) is 0 Å². The summed E-state index contributed by atoms with van der Waals surface area (Å²) in [7, 11) is 0. The zero-order valence-electron chi connectivity index (χ0n) is 12.2. The zero-order chi connectivity index (χ0) is 14.7. The Kier molecular flexibility index (Phi) is 4.89. The average Bonchev–Trinajstić information content (AvgIpc) is 2.72. The summed E-state index contributed by atoms with van der Waals surface area (Å²) in [6.07, 6.45) is 0. The molecular formula is C15H19ClN2OS. The number of thiazole rings is 1. The van der Waals surface area contributed by atoms with E-state index < -0.39 is 0 Å². The molecule has 0 aliphatic rings. The molecule has 1 heterocycles. The van der Waals surface area contributed by atoms with Gasteiger partial charge in [-0.2, -0.15) is 0 Å². The monoisotopic (exact) mass is 310 g/mol. The van der Waals surface area contributed by atoms with Crippen LogP contribution in [0.15, 0.2) is 18.2 Å². The van der Waals surface area contributed by atoms with Crippen LogP contribution in [-0.2, 0) is 0 Å². The Morgan fingerprint density at radius 3 is 2.70 bits per heavy atom. The second-order valence-corrected chi connectivity index (χ2v) is 6.43. The summed E-state index contributed by atoms with van der Waals surface area (Å²) in [5, 5.41) is 5.14. The zero-order valence-corrected chi connectivity index (χ0v) is 13.7. The van der Waals surface area contributed by atoms with E-state index >= 15 is 0 Å². The Hall–Kier alpha value is -1.26. The number of rotatable bonds is 5. The van der Waals surface area contributed by atoms with Crippen LogP contribution in [0, 0.1) is 13.8 Å². The molecule has 0 amide bonds. The molecular weight excluding hydrogens is 292 g/mol. The van der Waals surface area contributed by atoms with Crippen molar-refractivity contribution in [2.75, 3.05) is 11.9 Å². The first-order valence-electron chi connectivity index (χ1n) is 6.64. The predicted octanol–water partition coefficient (Wildman–Crippen LogP) is 4.99. The van der Waals surface area contributed by atoms with Gasteiger partial charge < -0.3 is 10.1 Å². The summed E-state index contributed by atoms with van der Waals surface area (Å²) in [5.41, 5.74) is 2.06. The summed E-state index contributed by atoms with van der Waals surface area (Å²) in [4.78, 5) is 5.82. The first-order valence-corrected chi connectivity index (χ1v) is 7.83. The van der Waals surface area contributed by atoms with Crippen LogP contribution in [0.25, 0.3) is 0 Å². The molecule has 1 aromatic carbocycles. The van der Waals surface area contributed by atoms with Gasteiger partial charge in [0, 0.05) is 10.6 Å². The average molecular weight is 311 g/mol. The molecule has 0 aliphatic heterocycles. The molecule has 1 N–H and O–H groups in total. The first kappa shape index (κ1) is 15.1. The number of aryl methyl sites for hydroxylation is 2. The van der Waals surface area contributed by atoms with Gasteiger partial charge in [-0.3, -0.25) is 0 Å². The van der Waals surface area contributed by atoms with Crippen molar-refractivity contribution in [2.45, 2.75) is 33.7 Å². The molecule has 0 aliphatic carbocycles. The molecule has 3 nitrogen and oxygen atoms in total. The maximum absolute atomic E-state index is 6.19. The van der Waals surface area contributed by atoms with Crippen molar-refractivity contribution < 1.29 is 4.74 Å². The fourth-order valence-corrected chi connectivity index (χ4v) is 3.28. The Labute approximate surface area is 129 Å². The van der Waals surface area contributed by atoms with Gasteiger partial charge in [0.05, 0.1) is 28.4 Å². The third kappa shape index (κ3) is 3.44. The normalized spacial score (nSPS) is 12.2. The largest absolute Gasteiger partial charge is 0.492 e. The third-order valence-electron chi connectivity index (χ3n) is 2.96. The second kappa shape index (κ2) is 6.46. The van der Waals surface area contributed by atoms with E-state index in [1.165, 1.54) is 4.88 Å². The lowest BCUT2D eigenvalue weighted by atomic mass is 10.2. The Morgan fingerprint density at radius 1 is 1.40 bits per heavy atom. The highest BCUT2D eigenvalue weighted by Gasteiger charge is 2.13. The maximum atomic E-state index is 6.19. The lowest BCUT2D eigenvalue weighted by Crippen LogP contribution is -2.08. The molecule has 20 heavy (non-hydrogen) atoms. The van der Waals surface area contributed by atoms with E-state index in [1.54, 1.807) is 11.3 Å². The standard InChI is InChI=1S/C15H19ClN2OS/c1-5-19-14-7-6-12(8-13(14)16)17-9(2)15-10(3)20-11(4)18-15/h6-9,17H,5H2,1-4H3. The topological polar surface area (TPSA) is 34.1 Å². The van der Waals surface area contributed by atoms with Crippen molar-refractivity contribution in [3.8, 4) is 5.75 Å². The Bertz CT molecular complexity index is 598. The third-order valence-corrected chi connectivity index (χ3v) is 4.16. The summed E-state index contributed by atoms with van der Waals surface area (Å²) < 4.78 is 5.43. The van der Waals surface area contributed by atoms with Gasteiger partial charge in [0.1, 0.15) is 5.75 Å². The minimum absolute atomic E-state index is 0.147. The molecule has 0 fully saturated rings. The number of benzene rings is 1. The molecule has 0 saturated carbocycles. The molecule has 0 bridgehead atoms. The van der Waals surface area contributed by atoms with Crippen molar-refractivity contribution in [3.05, 3.63) is 38.8 Å². The number of ether oxygens (including phenoxy) is 1. The number of anilines is 1. The van der Waals surface area contributed by atoms with Gasteiger partial charge in [-0.1, -0.05) is 11.6 Å². The van der Waals surface area contributed by atoms with Crippen molar-refractivity contribution in [2.24, 2.45) is 0 Å². The highest BCUT2D eigenvalue weighted by molar-refractivity contribution is 7.11. The first-order chi connectivity index (χ1) is 9.51. The van der Waals surface area contributed by atoms with Crippen LogP contribution in [0.2, 0.25) is 5.02 Å². The van der Waals surface area contributed by atoms with E-state index in [-0.39, 0.29) is 6.04 Å². The van der Waals surface area contributed by atoms with Gasteiger partial charge >= 0.3 is 0 Å². The predicted molar refractivity (Wildman–Crippen MR) is 86.2 cm³/mol. The number of halogens is 1. The molecule has 0 radical (unpaired) electrons. The van der Waals surface area contributed by atoms with Gasteiger partial charge in [-0.05, 0) is 45.9 Å². The summed E-state index contributed by atoms with van der Waals surface area (Å²) in [6, 6.07) is 5.90.